The van der Waals surface area contributed by atoms with Crippen molar-refractivity contribution in [2.75, 3.05) is 20.3 Å². The summed E-state index contributed by atoms with van der Waals surface area (Å²) in [5, 5.41) is 13.0. The molecule has 7 nitrogen and oxygen atoms in total. The van der Waals surface area contributed by atoms with Crippen molar-refractivity contribution in [2.45, 2.75) is 38.8 Å². The third-order valence-corrected chi connectivity index (χ3v) is 4.27. The molecule has 30 heavy (non-hydrogen) atoms. The summed E-state index contributed by atoms with van der Waals surface area (Å²) in [4.78, 5) is 23.5. The van der Waals surface area contributed by atoms with Crippen molar-refractivity contribution in [3.8, 4) is 11.5 Å². The van der Waals surface area contributed by atoms with Gasteiger partial charge in [-0.05, 0) is 48.4 Å². The van der Waals surface area contributed by atoms with Gasteiger partial charge >= 0.3 is 11.9 Å². The molecule has 2 aromatic rings. The Morgan fingerprint density at radius 2 is 1.63 bits per heavy atom. The highest BCUT2D eigenvalue weighted by atomic mass is 16.5. The zero-order valence-electron chi connectivity index (χ0n) is 17.6. The molecule has 2 N–H and O–H groups in total. The van der Waals surface area contributed by atoms with Gasteiger partial charge in [0, 0.05) is 19.0 Å². The van der Waals surface area contributed by atoms with E-state index in [0.717, 1.165) is 5.56 Å². The molecule has 0 saturated carbocycles. The molecule has 0 saturated heterocycles. The van der Waals surface area contributed by atoms with Crippen molar-refractivity contribution in [3.63, 3.8) is 0 Å². The Labute approximate surface area is 177 Å². The van der Waals surface area contributed by atoms with Crippen LogP contribution in [0.5, 0.6) is 11.5 Å². The average molecular weight is 415 g/mol. The normalized spacial score (nSPS) is 11.8. The molecule has 0 aromatic heterocycles. The molecule has 162 valence electrons. The minimum Gasteiger partial charge on any atom is -0.491 e. The molecule has 0 aliphatic heterocycles. The van der Waals surface area contributed by atoms with E-state index in [0.29, 0.717) is 42.5 Å². The Hall–Kier alpha value is -2.90. The SMILES string of the molecule is COC(=O)CCc1ccc(OC(=O)c2ccc(OCC(O)CNC(C)C)cc2)cc1. The molecule has 0 amide bonds. The van der Waals surface area contributed by atoms with Gasteiger partial charge in [-0.3, -0.25) is 4.79 Å². The summed E-state index contributed by atoms with van der Waals surface area (Å²) in [6.45, 7) is 4.62. The van der Waals surface area contributed by atoms with E-state index in [1.807, 2.05) is 26.0 Å². The van der Waals surface area contributed by atoms with Crippen molar-refractivity contribution in [3.05, 3.63) is 59.7 Å². The summed E-state index contributed by atoms with van der Waals surface area (Å²) in [5.41, 5.74) is 1.34. The molecule has 1 unspecified atom stereocenters. The second kappa shape index (κ2) is 11.9. The van der Waals surface area contributed by atoms with Crippen molar-refractivity contribution >= 4 is 11.9 Å². The van der Waals surface area contributed by atoms with Crippen molar-refractivity contribution in [2.24, 2.45) is 0 Å². The van der Waals surface area contributed by atoms with E-state index in [1.54, 1.807) is 36.4 Å². The van der Waals surface area contributed by atoms with Gasteiger partial charge < -0.3 is 24.6 Å². The maximum Gasteiger partial charge on any atom is 0.343 e. The molecule has 0 radical (unpaired) electrons. The molecule has 0 heterocycles. The van der Waals surface area contributed by atoms with Crippen LogP contribution in [-0.2, 0) is 16.0 Å². The molecular weight excluding hydrogens is 386 g/mol. The Bertz CT molecular complexity index is 801. The van der Waals surface area contributed by atoms with Crippen LogP contribution in [0.15, 0.2) is 48.5 Å². The summed E-state index contributed by atoms with van der Waals surface area (Å²) in [6, 6.07) is 13.8. The fraction of sp³-hybridized carbons (Fsp3) is 0.391. The van der Waals surface area contributed by atoms with E-state index in [4.69, 9.17) is 9.47 Å². The molecule has 7 heteroatoms. The second-order valence-corrected chi connectivity index (χ2v) is 7.16. The monoisotopic (exact) mass is 415 g/mol. The highest BCUT2D eigenvalue weighted by Gasteiger charge is 2.10. The minimum absolute atomic E-state index is 0.159. The first-order chi connectivity index (χ1) is 14.4. The predicted octanol–water partition coefficient (Wildman–Crippen LogP) is 2.75. The first kappa shape index (κ1) is 23.4. The molecule has 0 bridgehead atoms. The van der Waals surface area contributed by atoms with E-state index in [1.165, 1.54) is 7.11 Å². The number of esters is 2. The van der Waals surface area contributed by atoms with E-state index in [9.17, 15) is 14.7 Å². The van der Waals surface area contributed by atoms with Gasteiger partial charge in [0.2, 0.25) is 0 Å². The van der Waals surface area contributed by atoms with Gasteiger partial charge in [-0.1, -0.05) is 26.0 Å². The topological polar surface area (TPSA) is 94.1 Å². The smallest absolute Gasteiger partial charge is 0.343 e. The van der Waals surface area contributed by atoms with Gasteiger partial charge in [0.05, 0.1) is 12.7 Å². The lowest BCUT2D eigenvalue weighted by Crippen LogP contribution is -2.35. The number of ether oxygens (including phenoxy) is 3. The zero-order valence-corrected chi connectivity index (χ0v) is 17.6. The summed E-state index contributed by atoms with van der Waals surface area (Å²) in [6.07, 6.45) is 0.243. The predicted molar refractivity (Wildman–Crippen MR) is 113 cm³/mol. The van der Waals surface area contributed by atoms with Crippen molar-refractivity contribution < 1.29 is 28.9 Å². The standard InChI is InChI=1S/C23H29NO6/c1-16(2)24-14-19(25)15-29-20-11-7-18(8-12-20)23(27)30-21-9-4-17(5-10-21)6-13-22(26)28-3/h4-5,7-12,16,19,24-25H,6,13-15H2,1-3H3. The Kier molecular flexibility index (Phi) is 9.31. The molecule has 0 aliphatic carbocycles. The second-order valence-electron chi connectivity index (χ2n) is 7.16. The highest BCUT2D eigenvalue weighted by Crippen LogP contribution is 2.17. The fourth-order valence-corrected chi connectivity index (χ4v) is 2.55. The molecule has 0 aliphatic rings. The average Bonchev–Trinajstić information content (AvgIpc) is 2.75. The molecule has 0 spiro atoms. The largest absolute Gasteiger partial charge is 0.491 e. The van der Waals surface area contributed by atoms with Crippen LogP contribution in [0.1, 0.15) is 36.2 Å². The summed E-state index contributed by atoms with van der Waals surface area (Å²) in [7, 11) is 1.36. The number of hydrogen-bond acceptors (Lipinski definition) is 7. The van der Waals surface area contributed by atoms with E-state index in [2.05, 4.69) is 10.1 Å². The van der Waals surface area contributed by atoms with Crippen LogP contribution in [0.25, 0.3) is 0 Å². The third-order valence-electron chi connectivity index (χ3n) is 4.27. The molecule has 2 aromatic carbocycles. The molecular formula is C23H29NO6. The van der Waals surface area contributed by atoms with Gasteiger partial charge in [0.1, 0.15) is 24.2 Å². The van der Waals surface area contributed by atoms with Crippen LogP contribution in [0.2, 0.25) is 0 Å². The summed E-state index contributed by atoms with van der Waals surface area (Å²) in [5.74, 6) is 0.234. The van der Waals surface area contributed by atoms with E-state index < -0.39 is 12.1 Å². The first-order valence-electron chi connectivity index (χ1n) is 9.89. The number of carbonyl (C=O) groups is 2. The van der Waals surface area contributed by atoms with Crippen LogP contribution in [0, 0.1) is 0 Å². The Morgan fingerprint density at radius 3 is 2.23 bits per heavy atom. The minimum atomic E-state index is -0.618. The number of benzene rings is 2. The van der Waals surface area contributed by atoms with Gasteiger partial charge in [-0.2, -0.15) is 0 Å². The van der Waals surface area contributed by atoms with E-state index in [-0.39, 0.29) is 12.6 Å². The number of aliphatic hydroxyl groups excluding tert-OH is 1. The van der Waals surface area contributed by atoms with E-state index >= 15 is 0 Å². The molecule has 1 atom stereocenters. The van der Waals surface area contributed by atoms with Gasteiger partial charge in [-0.25, -0.2) is 4.79 Å². The Morgan fingerprint density at radius 1 is 1.00 bits per heavy atom. The number of hydrogen-bond donors (Lipinski definition) is 2. The van der Waals surface area contributed by atoms with Crippen LogP contribution in [0.4, 0.5) is 0 Å². The van der Waals surface area contributed by atoms with Crippen LogP contribution >= 0.6 is 0 Å². The number of nitrogens with one attached hydrogen (secondary N) is 1. The molecule has 2 rings (SSSR count). The summed E-state index contributed by atoms with van der Waals surface area (Å²) < 4.78 is 15.5. The molecule has 0 fully saturated rings. The number of carbonyl (C=O) groups excluding carboxylic acids is 2. The number of rotatable bonds is 11. The van der Waals surface area contributed by atoms with Crippen molar-refractivity contribution in [1.82, 2.24) is 5.32 Å². The van der Waals surface area contributed by atoms with Gasteiger partial charge in [0.25, 0.3) is 0 Å². The first-order valence-corrected chi connectivity index (χ1v) is 9.89. The van der Waals surface area contributed by atoms with Crippen LogP contribution < -0.4 is 14.8 Å². The lowest BCUT2D eigenvalue weighted by atomic mass is 10.1. The third kappa shape index (κ3) is 8.23. The maximum atomic E-state index is 12.3. The summed E-state index contributed by atoms with van der Waals surface area (Å²) >= 11 is 0. The highest BCUT2D eigenvalue weighted by molar-refractivity contribution is 5.91. The Balaban J connectivity index is 1.82. The quantitative estimate of drug-likeness (QED) is 0.430. The van der Waals surface area contributed by atoms with Gasteiger partial charge in [-0.15, -0.1) is 0 Å². The maximum absolute atomic E-state index is 12.3. The van der Waals surface area contributed by atoms with Crippen LogP contribution in [0.3, 0.4) is 0 Å². The van der Waals surface area contributed by atoms with Crippen molar-refractivity contribution in [1.29, 1.82) is 0 Å². The van der Waals surface area contributed by atoms with Crippen LogP contribution in [-0.4, -0.2) is 49.5 Å². The zero-order chi connectivity index (χ0) is 21.9. The number of aryl methyl sites for hydroxylation is 1. The van der Waals surface area contributed by atoms with Gasteiger partial charge in [0.15, 0.2) is 0 Å². The number of methoxy groups -OCH3 is 1. The lowest BCUT2D eigenvalue weighted by molar-refractivity contribution is -0.140. The lowest BCUT2D eigenvalue weighted by Gasteiger charge is -2.15. The fourth-order valence-electron chi connectivity index (χ4n) is 2.55. The number of aliphatic hydroxyl groups is 1.